The summed E-state index contributed by atoms with van der Waals surface area (Å²) in [7, 11) is -2.28. The molecular weight excluding hydrogens is 319 g/mol. The predicted molar refractivity (Wildman–Crippen MR) is 63.7 cm³/mol. The summed E-state index contributed by atoms with van der Waals surface area (Å²) < 4.78 is 53.7. The van der Waals surface area contributed by atoms with Crippen molar-refractivity contribution in [1.29, 1.82) is 0 Å². The molecule has 1 fully saturated rings. The lowest BCUT2D eigenvalue weighted by molar-refractivity contribution is -0.137. The first-order valence-corrected chi connectivity index (χ1v) is 7.53. The normalized spacial score (nSPS) is 18.6. The molecule has 0 amide bonds. The summed E-state index contributed by atoms with van der Waals surface area (Å²) in [5.74, 6) is 0.946. The van der Waals surface area contributed by atoms with Gasteiger partial charge in [-0.3, -0.25) is 0 Å². The molecule has 1 heterocycles. The van der Waals surface area contributed by atoms with Crippen molar-refractivity contribution < 1.29 is 17.4 Å². The van der Waals surface area contributed by atoms with Crippen molar-refractivity contribution in [3.8, 4) is 0 Å². The first-order valence-electron chi connectivity index (χ1n) is 4.89. The van der Waals surface area contributed by atoms with E-state index in [2.05, 4.69) is 20.3 Å². The van der Waals surface area contributed by atoms with Crippen LogP contribution in [0.1, 0.15) is 12.0 Å². The van der Waals surface area contributed by atoms with Crippen LogP contribution in [0.5, 0.6) is 0 Å². The number of hydrogen-bond acceptors (Lipinski definition) is 2. The van der Waals surface area contributed by atoms with Crippen LogP contribution in [-0.4, -0.2) is 15.7 Å². The summed E-state index contributed by atoms with van der Waals surface area (Å²) in [5, 5.41) is 0. The lowest BCUT2D eigenvalue weighted by Gasteiger charge is -2.18. The van der Waals surface area contributed by atoms with Gasteiger partial charge in [-0.25, -0.2) is 4.21 Å². The van der Waals surface area contributed by atoms with Crippen molar-refractivity contribution in [2.45, 2.75) is 12.6 Å². The van der Waals surface area contributed by atoms with Crippen molar-refractivity contribution in [2.75, 3.05) is 11.5 Å². The van der Waals surface area contributed by atoms with Crippen molar-refractivity contribution in [3.63, 3.8) is 0 Å². The second kappa shape index (κ2) is 4.28. The zero-order chi connectivity index (χ0) is 12.7. The monoisotopic (exact) mass is 327 g/mol. The van der Waals surface area contributed by atoms with Gasteiger partial charge >= 0.3 is 6.18 Å². The number of hydrogen-bond donors (Lipinski definition) is 0. The lowest BCUT2D eigenvalue weighted by atomic mass is 10.2. The van der Waals surface area contributed by atoms with Gasteiger partial charge < -0.3 is 0 Å². The molecule has 0 saturated carbocycles. The highest BCUT2D eigenvalue weighted by Gasteiger charge is 2.31. The van der Waals surface area contributed by atoms with Crippen molar-refractivity contribution in [1.82, 2.24) is 0 Å². The fraction of sp³-hybridized carbons (Fsp3) is 0.400. The van der Waals surface area contributed by atoms with Crippen LogP contribution in [0.15, 0.2) is 27.0 Å². The van der Waals surface area contributed by atoms with Crippen LogP contribution in [0.25, 0.3) is 0 Å². The summed E-state index contributed by atoms with van der Waals surface area (Å²) in [6.07, 6.45) is -3.60. The van der Waals surface area contributed by atoms with Gasteiger partial charge in [0.15, 0.2) is 0 Å². The smallest absolute Gasteiger partial charge is 0.249 e. The maximum Gasteiger partial charge on any atom is 0.416 e. The second-order valence-electron chi connectivity index (χ2n) is 3.82. The topological polar surface area (TPSA) is 29.4 Å². The van der Waals surface area contributed by atoms with Crippen molar-refractivity contribution in [3.05, 3.63) is 28.2 Å². The van der Waals surface area contributed by atoms with Crippen LogP contribution < -0.4 is 0 Å². The summed E-state index contributed by atoms with van der Waals surface area (Å²) in [5.41, 5.74) is -0.663. The van der Waals surface area contributed by atoms with Crippen LogP contribution in [0.3, 0.4) is 0 Å². The first-order chi connectivity index (χ1) is 7.78. The maximum atomic E-state index is 12.5. The van der Waals surface area contributed by atoms with Gasteiger partial charge in [0.2, 0.25) is 0 Å². The van der Waals surface area contributed by atoms with E-state index >= 15 is 0 Å². The Morgan fingerprint density at radius 3 is 2.35 bits per heavy atom. The average molecular weight is 328 g/mol. The molecule has 0 aromatic heterocycles. The molecule has 0 aliphatic carbocycles. The molecule has 0 radical (unpaired) electrons. The van der Waals surface area contributed by atoms with E-state index < -0.39 is 21.5 Å². The van der Waals surface area contributed by atoms with Crippen LogP contribution in [0.4, 0.5) is 18.9 Å². The SMILES string of the molecule is O=S1(=Nc2cc(Br)cc(C(F)(F)F)c2)CCC1. The number of benzene rings is 1. The zero-order valence-corrected chi connectivity index (χ0v) is 11.0. The molecule has 2 nitrogen and oxygen atoms in total. The van der Waals surface area contributed by atoms with Crippen molar-refractivity contribution in [2.24, 2.45) is 4.36 Å². The Bertz CT molecular complexity index is 551. The van der Waals surface area contributed by atoms with E-state index in [4.69, 9.17) is 0 Å². The molecule has 1 aromatic rings. The highest BCUT2D eigenvalue weighted by Crippen LogP contribution is 2.35. The van der Waals surface area contributed by atoms with E-state index in [9.17, 15) is 17.4 Å². The van der Waals surface area contributed by atoms with Gasteiger partial charge in [0, 0.05) is 16.0 Å². The molecule has 7 heteroatoms. The van der Waals surface area contributed by atoms with Crippen LogP contribution in [0.2, 0.25) is 0 Å². The summed E-state index contributed by atoms with van der Waals surface area (Å²) in [6.45, 7) is 0. The molecule has 0 atom stereocenters. The summed E-state index contributed by atoms with van der Waals surface area (Å²) in [4.78, 5) is 0. The number of alkyl halides is 3. The van der Waals surface area contributed by atoms with Crippen LogP contribution >= 0.6 is 15.9 Å². The minimum atomic E-state index is -4.42. The Balaban J connectivity index is 2.46. The van der Waals surface area contributed by atoms with Crippen LogP contribution in [-0.2, 0) is 15.9 Å². The van der Waals surface area contributed by atoms with E-state index in [1.807, 2.05) is 0 Å². The van der Waals surface area contributed by atoms with Gasteiger partial charge in [0.25, 0.3) is 0 Å². The molecular formula is C10H9BrF3NOS. The summed E-state index contributed by atoms with van der Waals surface area (Å²) >= 11 is 3.00. The van der Waals surface area contributed by atoms with Gasteiger partial charge in [-0.2, -0.15) is 17.5 Å². The van der Waals surface area contributed by atoms with Crippen LogP contribution in [0, 0.1) is 0 Å². The fourth-order valence-electron chi connectivity index (χ4n) is 1.47. The Hall–Kier alpha value is -0.560. The Morgan fingerprint density at radius 1 is 1.24 bits per heavy atom. The number of rotatable bonds is 1. The average Bonchev–Trinajstić information content (AvgIpc) is 2.13. The van der Waals surface area contributed by atoms with E-state index in [0.717, 1.165) is 18.6 Å². The number of halogens is 4. The Labute approximate surface area is 106 Å². The van der Waals surface area contributed by atoms with Gasteiger partial charge in [-0.1, -0.05) is 15.9 Å². The number of nitrogens with zero attached hydrogens (tertiary/aromatic N) is 1. The molecule has 1 aromatic carbocycles. The fourth-order valence-corrected chi connectivity index (χ4v) is 3.40. The van der Waals surface area contributed by atoms with Gasteiger partial charge in [0.1, 0.15) is 0 Å². The molecule has 0 bridgehead atoms. The predicted octanol–water partition coefficient (Wildman–Crippen LogP) is 3.97. The first kappa shape index (κ1) is 12.9. The van der Waals surface area contributed by atoms with E-state index in [1.165, 1.54) is 6.07 Å². The molecule has 1 aliphatic heterocycles. The minimum absolute atomic E-state index is 0.122. The molecule has 0 spiro atoms. The molecule has 94 valence electrons. The quantitative estimate of drug-likeness (QED) is 0.767. The van der Waals surface area contributed by atoms with Gasteiger partial charge in [-0.15, -0.1) is 0 Å². The van der Waals surface area contributed by atoms with E-state index in [1.54, 1.807) is 0 Å². The Kier molecular flexibility index (Phi) is 3.24. The highest BCUT2D eigenvalue weighted by molar-refractivity contribution is 9.10. The second-order valence-corrected chi connectivity index (χ2v) is 7.28. The van der Waals surface area contributed by atoms with Gasteiger partial charge in [-0.05, 0) is 24.6 Å². The molecule has 1 saturated heterocycles. The third-order valence-corrected chi connectivity index (χ3v) is 5.26. The summed E-state index contributed by atoms with van der Waals surface area (Å²) in [6, 6.07) is 3.35. The standard InChI is InChI=1S/C10H9BrF3NOS/c11-8-4-7(10(12,13)14)5-9(6-8)15-17(16)2-1-3-17/h4-6H,1-3H2. The molecule has 2 rings (SSSR count). The molecule has 17 heavy (non-hydrogen) atoms. The third kappa shape index (κ3) is 3.01. The molecule has 1 aliphatic rings. The van der Waals surface area contributed by atoms with E-state index in [0.29, 0.717) is 11.5 Å². The minimum Gasteiger partial charge on any atom is -0.249 e. The molecule has 0 unspecified atom stereocenters. The largest absolute Gasteiger partial charge is 0.416 e. The van der Waals surface area contributed by atoms with Crippen molar-refractivity contribution >= 4 is 31.3 Å². The lowest BCUT2D eigenvalue weighted by Crippen LogP contribution is -2.23. The van der Waals surface area contributed by atoms with Gasteiger partial charge in [0.05, 0.1) is 21.0 Å². The maximum absolute atomic E-state index is 12.5. The zero-order valence-electron chi connectivity index (χ0n) is 8.63. The highest BCUT2D eigenvalue weighted by atomic mass is 79.9. The molecule has 0 N–H and O–H groups in total. The third-order valence-electron chi connectivity index (χ3n) is 2.41. The Morgan fingerprint density at radius 2 is 1.88 bits per heavy atom. The van der Waals surface area contributed by atoms with E-state index in [-0.39, 0.29) is 10.2 Å².